The van der Waals surface area contributed by atoms with Crippen LogP contribution in [0, 0.1) is 18.8 Å². The second kappa shape index (κ2) is 16.5. The van der Waals surface area contributed by atoms with Gasteiger partial charge in [0.1, 0.15) is 11.6 Å². The minimum absolute atomic E-state index is 0.0743. The Morgan fingerprint density at radius 2 is 1.68 bits per heavy atom. The molecule has 44 heavy (non-hydrogen) atoms. The highest BCUT2D eigenvalue weighted by Crippen LogP contribution is 2.29. The molecule has 3 heterocycles. The number of ketones is 1. The van der Waals surface area contributed by atoms with Crippen LogP contribution in [0.2, 0.25) is 0 Å². The second-order valence-electron chi connectivity index (χ2n) is 12.3. The Kier molecular flexibility index (Phi) is 13.0. The molecule has 2 unspecified atom stereocenters. The molecule has 2 aliphatic heterocycles. The van der Waals surface area contributed by atoms with Gasteiger partial charge in [-0.25, -0.2) is 0 Å². The van der Waals surface area contributed by atoms with Crippen LogP contribution in [0.15, 0.2) is 40.9 Å². The summed E-state index contributed by atoms with van der Waals surface area (Å²) >= 11 is 0. The number of carbonyl (C=O) groups excluding carboxylic acids is 4. The lowest BCUT2D eigenvalue weighted by atomic mass is 9.93. The van der Waals surface area contributed by atoms with Crippen LogP contribution in [-0.4, -0.2) is 90.7 Å². The van der Waals surface area contributed by atoms with E-state index in [4.69, 9.17) is 14.0 Å². The molecule has 0 saturated carbocycles. The standard InChI is InChI=1S/C25H39N5O7.C7H8/c1-15(2)10-18(22(32)25(5)14-36-25)27-20(31)12-26-24(34)21(16(3)4)28-23(33)19-11-17(37-29-19)13-30-6-8-35-9-7-30;1-7-5-3-2-4-6-7/h11,15-16,18,21H,6-10,12-14H2,1-5H3,(H,26,34)(H,27,31)(H,28,33);2-6H,1H3/t18-,21?,25?;/m0./s1. The number of epoxide rings is 1. The maximum absolute atomic E-state index is 12.8. The summed E-state index contributed by atoms with van der Waals surface area (Å²) in [6.45, 7) is 14.6. The molecule has 2 aliphatic rings. The Balaban J connectivity index is 0.000000662. The number of morpholine rings is 1. The van der Waals surface area contributed by atoms with Gasteiger partial charge in [-0.15, -0.1) is 0 Å². The minimum Gasteiger partial charge on any atom is -0.379 e. The fourth-order valence-corrected chi connectivity index (χ4v) is 4.60. The van der Waals surface area contributed by atoms with E-state index in [1.165, 1.54) is 5.56 Å². The third kappa shape index (κ3) is 11.1. The molecule has 1 aromatic carbocycles. The zero-order valence-electron chi connectivity index (χ0n) is 26.7. The molecular formula is C32H47N5O7. The molecule has 2 aromatic rings. The summed E-state index contributed by atoms with van der Waals surface area (Å²) in [4.78, 5) is 53.0. The van der Waals surface area contributed by atoms with Gasteiger partial charge in [0.15, 0.2) is 17.2 Å². The highest BCUT2D eigenvalue weighted by Gasteiger charge is 2.50. The van der Waals surface area contributed by atoms with Gasteiger partial charge in [0.2, 0.25) is 11.8 Å². The molecule has 4 rings (SSSR count). The number of aromatic nitrogens is 1. The van der Waals surface area contributed by atoms with Gasteiger partial charge >= 0.3 is 0 Å². The summed E-state index contributed by atoms with van der Waals surface area (Å²) < 4.78 is 15.9. The van der Waals surface area contributed by atoms with Gasteiger partial charge in [0.25, 0.3) is 5.91 Å². The molecular weight excluding hydrogens is 566 g/mol. The third-order valence-corrected chi connectivity index (χ3v) is 7.33. The largest absolute Gasteiger partial charge is 0.379 e. The maximum Gasteiger partial charge on any atom is 0.274 e. The van der Waals surface area contributed by atoms with E-state index in [1.54, 1.807) is 26.8 Å². The lowest BCUT2D eigenvalue weighted by molar-refractivity contribution is -0.131. The number of nitrogens with zero attached hydrogens (tertiary/aromatic N) is 2. The number of carbonyl (C=O) groups is 4. The first-order valence-corrected chi connectivity index (χ1v) is 15.2. The molecule has 242 valence electrons. The van der Waals surface area contributed by atoms with E-state index in [2.05, 4.69) is 45.1 Å². The van der Waals surface area contributed by atoms with Crippen LogP contribution in [0.3, 0.4) is 0 Å². The van der Waals surface area contributed by atoms with Crippen molar-refractivity contribution in [1.82, 2.24) is 26.0 Å². The summed E-state index contributed by atoms with van der Waals surface area (Å²) in [5.74, 6) is -1.25. The first-order chi connectivity index (χ1) is 20.9. The van der Waals surface area contributed by atoms with Crippen molar-refractivity contribution in [3.63, 3.8) is 0 Å². The number of nitrogens with one attached hydrogen (secondary N) is 3. The molecule has 2 fully saturated rings. The van der Waals surface area contributed by atoms with Gasteiger partial charge in [-0.2, -0.15) is 0 Å². The summed E-state index contributed by atoms with van der Waals surface area (Å²) in [5.41, 5.74) is 0.541. The van der Waals surface area contributed by atoms with Gasteiger partial charge in [-0.3, -0.25) is 24.1 Å². The molecule has 0 radical (unpaired) electrons. The first-order valence-electron chi connectivity index (χ1n) is 15.2. The van der Waals surface area contributed by atoms with Crippen molar-refractivity contribution in [3.8, 4) is 0 Å². The molecule has 12 nitrogen and oxygen atoms in total. The number of aryl methyl sites for hydroxylation is 1. The zero-order chi connectivity index (χ0) is 32.3. The van der Waals surface area contributed by atoms with Gasteiger partial charge in [0.05, 0.1) is 39.0 Å². The third-order valence-electron chi connectivity index (χ3n) is 7.33. The number of hydrogen-bond donors (Lipinski definition) is 3. The van der Waals surface area contributed by atoms with E-state index < -0.39 is 35.4 Å². The zero-order valence-corrected chi connectivity index (χ0v) is 26.7. The fraction of sp³-hybridized carbons (Fsp3) is 0.594. The van der Waals surface area contributed by atoms with E-state index in [0.717, 1.165) is 13.1 Å². The van der Waals surface area contributed by atoms with Gasteiger partial charge in [-0.05, 0) is 32.1 Å². The van der Waals surface area contributed by atoms with Crippen LogP contribution in [0.1, 0.15) is 62.9 Å². The van der Waals surface area contributed by atoms with Crippen molar-refractivity contribution in [2.75, 3.05) is 39.5 Å². The average Bonchev–Trinajstić information content (AvgIpc) is 3.57. The van der Waals surface area contributed by atoms with E-state index in [0.29, 0.717) is 38.5 Å². The minimum atomic E-state index is -0.897. The predicted octanol–water partition coefficient (Wildman–Crippen LogP) is 2.26. The number of rotatable bonds is 13. The number of benzene rings is 1. The molecule has 0 bridgehead atoms. The average molecular weight is 614 g/mol. The Bertz CT molecular complexity index is 1240. The van der Waals surface area contributed by atoms with Crippen LogP contribution < -0.4 is 16.0 Å². The Hall–Kier alpha value is -3.61. The number of hydrogen-bond acceptors (Lipinski definition) is 9. The Labute approximate surface area is 259 Å². The summed E-state index contributed by atoms with van der Waals surface area (Å²) in [5, 5.41) is 11.8. The van der Waals surface area contributed by atoms with Gasteiger partial charge < -0.3 is 29.9 Å². The summed E-state index contributed by atoms with van der Waals surface area (Å²) in [6, 6.07) is 10.2. The molecule has 3 N–H and O–H groups in total. The highest BCUT2D eigenvalue weighted by atomic mass is 16.6. The van der Waals surface area contributed by atoms with Crippen molar-refractivity contribution in [1.29, 1.82) is 0 Å². The molecule has 0 spiro atoms. The monoisotopic (exact) mass is 613 g/mol. The molecule has 1 aromatic heterocycles. The maximum atomic E-state index is 12.8. The van der Waals surface area contributed by atoms with Crippen molar-refractivity contribution in [2.24, 2.45) is 11.8 Å². The number of Topliss-reactive ketones (excluding diaryl/α,β-unsaturated/α-hetero) is 1. The molecule has 12 heteroatoms. The molecule has 3 amide bonds. The molecule has 3 atom stereocenters. The van der Waals surface area contributed by atoms with E-state index in [-0.39, 0.29) is 29.9 Å². The van der Waals surface area contributed by atoms with Crippen LogP contribution >= 0.6 is 0 Å². The van der Waals surface area contributed by atoms with Crippen LogP contribution in [0.5, 0.6) is 0 Å². The number of ether oxygens (including phenoxy) is 2. The molecule has 0 aliphatic carbocycles. The van der Waals surface area contributed by atoms with Gasteiger partial charge in [-0.1, -0.05) is 68.7 Å². The van der Waals surface area contributed by atoms with Crippen molar-refractivity contribution in [2.45, 2.75) is 72.2 Å². The van der Waals surface area contributed by atoms with Crippen molar-refractivity contribution >= 4 is 23.5 Å². The Morgan fingerprint density at radius 1 is 1.02 bits per heavy atom. The van der Waals surface area contributed by atoms with Crippen LogP contribution in [0.4, 0.5) is 0 Å². The smallest absolute Gasteiger partial charge is 0.274 e. The second-order valence-corrected chi connectivity index (χ2v) is 12.3. The summed E-state index contributed by atoms with van der Waals surface area (Å²) in [7, 11) is 0. The van der Waals surface area contributed by atoms with Gasteiger partial charge in [0, 0.05) is 19.2 Å². The molecule has 2 saturated heterocycles. The van der Waals surface area contributed by atoms with E-state index >= 15 is 0 Å². The van der Waals surface area contributed by atoms with Crippen molar-refractivity contribution < 1.29 is 33.2 Å². The first kappa shape index (κ1) is 34.9. The normalized spacial score (nSPS) is 19.4. The summed E-state index contributed by atoms with van der Waals surface area (Å²) in [6.07, 6.45) is 0.466. The Morgan fingerprint density at radius 3 is 2.23 bits per heavy atom. The van der Waals surface area contributed by atoms with Crippen molar-refractivity contribution in [3.05, 3.63) is 53.4 Å². The van der Waals surface area contributed by atoms with E-state index in [9.17, 15) is 19.2 Å². The lowest BCUT2D eigenvalue weighted by Gasteiger charge is -2.25. The predicted molar refractivity (Wildman–Crippen MR) is 164 cm³/mol. The topological polar surface area (TPSA) is 155 Å². The van der Waals surface area contributed by atoms with E-state index in [1.807, 2.05) is 32.0 Å². The van der Waals surface area contributed by atoms with Crippen LogP contribution in [0.25, 0.3) is 0 Å². The lowest BCUT2D eigenvalue weighted by Crippen LogP contribution is -2.53. The highest BCUT2D eigenvalue weighted by molar-refractivity contribution is 5.98. The fourth-order valence-electron chi connectivity index (χ4n) is 4.60. The van der Waals surface area contributed by atoms with Crippen LogP contribution in [-0.2, 0) is 30.4 Å². The number of amides is 3. The SMILES string of the molecule is CC(C)C[C@H](NC(=O)CNC(=O)C(NC(=O)c1cc(CN2CCOCC2)on1)C(C)C)C(=O)C1(C)CO1.Cc1ccccc1. The quantitative estimate of drug-likeness (QED) is 0.289.